The topological polar surface area (TPSA) is 975 Å². The van der Waals surface area contributed by atoms with Crippen molar-refractivity contribution < 1.29 is 287 Å². The van der Waals surface area contributed by atoms with E-state index in [0.717, 1.165) is 27.7 Å². The van der Waals surface area contributed by atoms with Crippen LogP contribution in [0.4, 0.5) is 0 Å². The van der Waals surface area contributed by atoms with E-state index in [-0.39, 0.29) is 0 Å². The van der Waals surface area contributed by atoms with Crippen molar-refractivity contribution in [3.05, 3.63) is 0 Å². The number of aliphatic carboxylic acids is 1. The standard InChI is InChI=1S/C77H128N4O58/c1-17-37(95)48(106)52(110)69(122-17)121-16-32-60(45(103)34(66(116)123-32)79-19(3)90)132-67-35(80-20(4)91)46(104)58(28(12-87)128-67)133-73-56(114)63(44(102)31(131-73)15-120-71-55(113)62(135-72-54(112)50(108)40(98)25(9-84)125-72)43(101)30(130-71)14-119-70-53(111)49(107)39(97)24(8-83)124-70)136-75-65(51(109)41(99)26(10-85)127-75)137-68-36(81-21(5)92)47(105)59(29(13-88)129-68)134-74-57(115)64(42(100)27(11-86)126-74)139-77(76(117)118)6-22(93)33(78-18(2)89)61(138-77)38(96)23(94)7-82/h17,22-75,82-88,93-116H,6-16H2,1-5H3,(H,78,89)(H,79,90)(H,80,91)(H,81,92)(H,117,118)/t17-,22-,23+,24+,25+,26+,27+,28+,29+,30+,31+,32+,33+,34+,35+,36+,37+,38+,39+,40+,41+,42-,43+,44+,45+,46+,47+,48+,49-,50-,51-,52-,53-,54-,55-,56-,57+,58+,59+,60+,61+,62-,63-,64-,65-,66?,67-,68-,69+,70-,71-,72+,73-,74-,75+,77-/m0/s1. The zero-order valence-corrected chi connectivity index (χ0v) is 74.5. The number of ether oxygens (including phenoxy) is 21. The van der Waals surface area contributed by atoms with Gasteiger partial charge in [0.05, 0.1) is 84.3 Å². The van der Waals surface area contributed by atoms with Gasteiger partial charge in [-0.2, -0.15) is 0 Å². The van der Waals surface area contributed by atoms with Gasteiger partial charge < -0.3 is 284 Å². The van der Waals surface area contributed by atoms with Gasteiger partial charge >= 0.3 is 5.97 Å². The highest BCUT2D eigenvalue weighted by Crippen LogP contribution is 2.43. The first-order valence-corrected chi connectivity index (χ1v) is 44.1. The molecule has 0 radical (unpaired) electrons. The maximum atomic E-state index is 13.3. The average molecular weight is 2040 g/mol. The highest BCUT2D eigenvalue weighted by Gasteiger charge is 2.65. The number of carbonyl (C=O) groups is 5. The van der Waals surface area contributed by atoms with Crippen LogP contribution in [0.5, 0.6) is 0 Å². The summed E-state index contributed by atoms with van der Waals surface area (Å²) in [5.74, 6) is -9.44. The van der Waals surface area contributed by atoms with E-state index >= 15 is 0 Å². The molecule has 62 heteroatoms. The van der Waals surface area contributed by atoms with Crippen LogP contribution in [0.2, 0.25) is 0 Å². The molecule has 0 aromatic heterocycles. The zero-order valence-electron chi connectivity index (χ0n) is 74.5. The molecule has 11 rings (SSSR count). The molecule has 0 saturated carbocycles. The van der Waals surface area contributed by atoms with Crippen molar-refractivity contribution in [2.24, 2.45) is 0 Å². The Balaban J connectivity index is 0.920. The molecular weight excluding hydrogens is 1910 g/mol. The molecule has 11 aliphatic heterocycles. The second-order valence-electron chi connectivity index (χ2n) is 35.3. The van der Waals surface area contributed by atoms with E-state index in [1.807, 2.05) is 0 Å². The van der Waals surface area contributed by atoms with Crippen molar-refractivity contribution in [1.82, 2.24) is 21.3 Å². The second-order valence-corrected chi connectivity index (χ2v) is 35.3. The summed E-state index contributed by atoms with van der Waals surface area (Å²) in [6, 6.07) is -7.85. The summed E-state index contributed by atoms with van der Waals surface area (Å²) in [5.41, 5.74) is 0. The molecule has 36 N–H and O–H groups in total. The van der Waals surface area contributed by atoms with E-state index in [1.165, 1.54) is 6.92 Å². The fourth-order valence-corrected chi connectivity index (χ4v) is 17.9. The van der Waals surface area contributed by atoms with Gasteiger partial charge in [-0.25, -0.2) is 4.79 Å². The van der Waals surface area contributed by atoms with E-state index in [4.69, 9.17) is 99.5 Å². The normalized spacial score (nSPS) is 48.9. The molecular formula is C77H128N4O58. The van der Waals surface area contributed by atoms with Crippen LogP contribution in [0.15, 0.2) is 0 Å². The third-order valence-corrected chi connectivity index (χ3v) is 25.5. The summed E-state index contributed by atoms with van der Waals surface area (Å²) in [7, 11) is 0. The maximum Gasteiger partial charge on any atom is 0.364 e. The Bertz CT molecular complexity index is 3870. The van der Waals surface area contributed by atoms with Gasteiger partial charge in [0.1, 0.15) is 256 Å². The Labute approximate surface area is 785 Å². The summed E-state index contributed by atoms with van der Waals surface area (Å²) < 4.78 is 124. The van der Waals surface area contributed by atoms with E-state index in [2.05, 4.69) is 21.3 Å². The minimum atomic E-state index is -3.35. The summed E-state index contributed by atoms with van der Waals surface area (Å²) in [5, 5.41) is 368. The van der Waals surface area contributed by atoms with E-state index in [0.29, 0.717) is 0 Å². The molecule has 4 amide bonds. The zero-order chi connectivity index (χ0) is 103. The lowest BCUT2D eigenvalue weighted by molar-refractivity contribution is -0.400. The third-order valence-electron chi connectivity index (χ3n) is 25.5. The number of rotatable bonds is 37. The Morgan fingerprint density at radius 1 is 0.309 bits per heavy atom. The molecule has 0 spiro atoms. The van der Waals surface area contributed by atoms with Crippen molar-refractivity contribution in [3.8, 4) is 0 Å². The van der Waals surface area contributed by atoms with Crippen molar-refractivity contribution in [1.29, 1.82) is 0 Å². The second kappa shape index (κ2) is 49.4. The van der Waals surface area contributed by atoms with Gasteiger partial charge in [-0.05, 0) is 6.92 Å². The predicted octanol–water partition coefficient (Wildman–Crippen LogP) is -24.2. The molecule has 0 bridgehead atoms. The molecule has 139 heavy (non-hydrogen) atoms. The Hall–Kier alpha value is -4.73. The first-order valence-electron chi connectivity index (χ1n) is 44.1. The van der Waals surface area contributed by atoms with Crippen molar-refractivity contribution in [2.75, 3.05) is 66.1 Å². The van der Waals surface area contributed by atoms with Crippen molar-refractivity contribution >= 4 is 29.6 Å². The maximum absolute atomic E-state index is 13.3. The predicted molar refractivity (Wildman–Crippen MR) is 425 cm³/mol. The van der Waals surface area contributed by atoms with Crippen LogP contribution < -0.4 is 21.3 Å². The Morgan fingerprint density at radius 2 is 0.626 bits per heavy atom. The molecule has 11 saturated heterocycles. The fraction of sp³-hybridized carbons (Fsp3) is 0.935. The highest BCUT2D eigenvalue weighted by atomic mass is 16.8. The van der Waals surface area contributed by atoms with Crippen LogP contribution >= 0.6 is 0 Å². The average Bonchev–Trinajstić information content (AvgIpc) is 0.746. The minimum Gasteiger partial charge on any atom is -0.477 e. The molecule has 0 aromatic rings. The number of aliphatic hydroxyl groups excluding tert-OH is 31. The first-order chi connectivity index (χ1) is 65.5. The van der Waals surface area contributed by atoms with Crippen molar-refractivity contribution in [3.63, 3.8) is 0 Å². The smallest absolute Gasteiger partial charge is 0.364 e. The van der Waals surface area contributed by atoms with Crippen LogP contribution in [-0.4, -0.2) is 602 Å². The number of aliphatic hydroxyl groups is 31. The van der Waals surface area contributed by atoms with Crippen LogP contribution in [-0.2, 0) is 123 Å². The van der Waals surface area contributed by atoms with E-state index in [1.54, 1.807) is 0 Å². The van der Waals surface area contributed by atoms with Gasteiger partial charge in [0.25, 0.3) is 5.79 Å². The fourth-order valence-electron chi connectivity index (χ4n) is 17.9. The summed E-state index contributed by atoms with van der Waals surface area (Å²) in [6.07, 6.45) is -113. The molecule has 11 aliphatic rings. The van der Waals surface area contributed by atoms with Gasteiger partial charge in [-0.1, -0.05) is 0 Å². The first kappa shape index (κ1) is 115. The highest BCUT2D eigenvalue weighted by molar-refractivity contribution is 5.77. The number of carboxylic acid groups (broad SMARTS) is 1. The van der Waals surface area contributed by atoms with Crippen LogP contribution in [0.25, 0.3) is 0 Å². The third kappa shape index (κ3) is 25.3. The van der Waals surface area contributed by atoms with Gasteiger partial charge in [0, 0.05) is 34.1 Å². The SMILES string of the molecule is CC(=O)N[C@H]1[C@H](O[C@H]2[C@H](O)[C@@H](NC(C)=O)C(O)O[C@@H]2CO[C@@H]2O[C@@H](C)[C@@H](O)[C@@H](O)[C@@H]2O)O[C@H](CO)[C@@H](O[C@@H]2O[C@H](CO[C@H]3O[C@H](CO[C@H]4O[C@H](CO)[C@@H](O)[C@H](O)[C@@H]4O)[C@@H](O)[C@H](O[C@H]4O[C@H](CO)[C@@H](O)[C@H](O)[C@@H]4O)[C@@H]3O)[C@@H](O)[C@H](O[C@H]3O[C@H](CO)[C@@H](O)[C@H](O)[C@@H]3O[C@@H]3O[C@H](CO)[C@@H](O[C@@H]4O[C@H](CO)[C@H](O)[C@H](O[C@]5(C(=O)O)C[C@H](O)[C@@H](NC(C)=O)[C@H]([C@H](O)[C@H](O)CO)O5)[C@H]4O)[C@H](O)[C@H]3NC(C)=O)[C@@H]2O)[C@@H]1O. The molecule has 804 valence electrons. The lowest BCUT2D eigenvalue weighted by Gasteiger charge is -2.51. The van der Waals surface area contributed by atoms with Gasteiger partial charge in [0.15, 0.2) is 62.9 Å². The number of hydrogen-bond acceptors (Lipinski definition) is 57. The Kier molecular flexibility index (Phi) is 40.7. The molecule has 0 aromatic carbocycles. The summed E-state index contributed by atoms with van der Waals surface area (Å²) >= 11 is 0. The lowest BCUT2D eigenvalue weighted by atomic mass is 9.88. The largest absolute Gasteiger partial charge is 0.477 e. The number of amides is 4. The van der Waals surface area contributed by atoms with Gasteiger partial charge in [-0.3, -0.25) is 19.2 Å². The van der Waals surface area contributed by atoms with Crippen molar-refractivity contribution in [2.45, 2.75) is 384 Å². The molecule has 56 atom stereocenters. The van der Waals surface area contributed by atoms with Crippen LogP contribution in [0.3, 0.4) is 0 Å². The molecule has 62 nitrogen and oxygen atoms in total. The molecule has 0 aliphatic carbocycles. The molecule has 1 unspecified atom stereocenters. The number of hydrogen-bond donors (Lipinski definition) is 36. The lowest BCUT2D eigenvalue weighted by Crippen LogP contribution is -2.71. The summed E-state index contributed by atoms with van der Waals surface area (Å²) in [4.78, 5) is 64.8. The van der Waals surface area contributed by atoms with Gasteiger partial charge in [0.2, 0.25) is 23.6 Å². The van der Waals surface area contributed by atoms with Crippen LogP contribution in [0.1, 0.15) is 41.0 Å². The minimum absolute atomic E-state index is 0.838. The van der Waals surface area contributed by atoms with Gasteiger partial charge in [-0.15, -0.1) is 0 Å². The molecule has 11 fully saturated rings. The Morgan fingerprint density at radius 3 is 1.09 bits per heavy atom. The monoisotopic (exact) mass is 2040 g/mol. The van der Waals surface area contributed by atoms with E-state index in [9.17, 15) is 187 Å². The number of carbonyl (C=O) groups excluding carboxylic acids is 4. The number of nitrogens with one attached hydrogen (secondary N) is 4. The van der Waals surface area contributed by atoms with Crippen LogP contribution in [0, 0.1) is 0 Å². The molecule has 11 heterocycles. The van der Waals surface area contributed by atoms with E-state index < -0.39 is 445 Å². The summed E-state index contributed by atoms with van der Waals surface area (Å²) in [6.45, 7) is -6.86. The quantitative estimate of drug-likeness (QED) is 0.0275. The number of carboxylic acids is 1.